The first kappa shape index (κ1) is 19.4. The highest BCUT2D eigenvalue weighted by Crippen LogP contribution is 2.22. The van der Waals surface area contributed by atoms with E-state index in [1.807, 2.05) is 27.8 Å². The molecule has 2 heterocycles. The van der Waals surface area contributed by atoms with Crippen LogP contribution in [0.15, 0.2) is 0 Å². The van der Waals surface area contributed by atoms with Crippen LogP contribution < -0.4 is 10.6 Å². The zero-order valence-electron chi connectivity index (χ0n) is 16.3. The molecular weight excluding hydrogens is 318 g/mol. The van der Waals surface area contributed by atoms with Crippen molar-refractivity contribution in [1.82, 2.24) is 25.1 Å². The van der Waals surface area contributed by atoms with Crippen molar-refractivity contribution in [1.29, 1.82) is 0 Å². The van der Waals surface area contributed by atoms with Crippen molar-refractivity contribution >= 4 is 11.8 Å². The molecular formula is C18H31N5O2. The Bertz CT molecular complexity index is 645. The van der Waals surface area contributed by atoms with Crippen molar-refractivity contribution in [2.24, 2.45) is 5.41 Å². The van der Waals surface area contributed by atoms with Crippen LogP contribution in [0.1, 0.15) is 56.1 Å². The molecule has 0 aromatic carbocycles. The molecule has 2 N–H and O–H groups in total. The number of likely N-dealkylation sites (N-methyl/N-ethyl adjacent to an activating group) is 2. The molecule has 140 valence electrons. The smallest absolute Gasteiger partial charge is 0.272 e. The average Bonchev–Trinajstić information content (AvgIpc) is 2.89. The summed E-state index contributed by atoms with van der Waals surface area (Å²) in [6, 6.07) is -0.613. The lowest BCUT2D eigenvalue weighted by atomic mass is 9.86. The first-order valence-corrected chi connectivity index (χ1v) is 8.98. The Morgan fingerprint density at radius 1 is 1.28 bits per heavy atom. The third kappa shape index (κ3) is 4.21. The second kappa shape index (κ2) is 7.56. The summed E-state index contributed by atoms with van der Waals surface area (Å²) in [7, 11) is 3.63. The van der Waals surface area contributed by atoms with Gasteiger partial charge in [0.2, 0.25) is 5.91 Å². The van der Waals surface area contributed by atoms with Gasteiger partial charge in [-0.2, -0.15) is 0 Å². The van der Waals surface area contributed by atoms with Crippen LogP contribution in [-0.4, -0.2) is 52.9 Å². The molecule has 1 aromatic heterocycles. The van der Waals surface area contributed by atoms with Crippen molar-refractivity contribution in [2.45, 2.75) is 59.7 Å². The van der Waals surface area contributed by atoms with E-state index >= 15 is 0 Å². The molecule has 1 aromatic rings. The monoisotopic (exact) mass is 349 g/mol. The van der Waals surface area contributed by atoms with Gasteiger partial charge < -0.3 is 15.2 Å². The van der Waals surface area contributed by atoms with E-state index in [4.69, 9.17) is 0 Å². The number of nitrogens with one attached hydrogen (secondary N) is 2. The summed E-state index contributed by atoms with van der Waals surface area (Å²) in [5.74, 6) is 0.493. The summed E-state index contributed by atoms with van der Waals surface area (Å²) in [4.78, 5) is 32.0. The number of nitrogens with zero attached hydrogens (tertiary/aromatic N) is 3. The fourth-order valence-electron chi connectivity index (χ4n) is 3.18. The Kier molecular flexibility index (Phi) is 5.87. The molecule has 2 rings (SSSR count). The minimum absolute atomic E-state index is 0.195. The topological polar surface area (TPSA) is 79.3 Å². The van der Waals surface area contributed by atoms with Gasteiger partial charge in [0, 0.05) is 33.1 Å². The van der Waals surface area contributed by atoms with Gasteiger partial charge in [-0.1, -0.05) is 27.7 Å². The van der Waals surface area contributed by atoms with E-state index in [1.165, 1.54) is 0 Å². The Labute approximate surface area is 150 Å². The zero-order chi connectivity index (χ0) is 18.8. The highest BCUT2D eigenvalue weighted by atomic mass is 16.2. The summed E-state index contributed by atoms with van der Waals surface area (Å²) in [6.07, 6.45) is 1.83. The first-order chi connectivity index (χ1) is 11.7. The van der Waals surface area contributed by atoms with E-state index in [9.17, 15) is 9.59 Å². The van der Waals surface area contributed by atoms with Crippen LogP contribution in [0.4, 0.5) is 0 Å². The summed E-state index contributed by atoms with van der Waals surface area (Å²) in [5.41, 5.74) is 1.01. The number of rotatable bonds is 5. The molecule has 0 saturated heterocycles. The van der Waals surface area contributed by atoms with Crippen molar-refractivity contribution in [3.63, 3.8) is 0 Å². The molecule has 7 heteroatoms. The summed E-state index contributed by atoms with van der Waals surface area (Å²) in [5, 5.41) is 5.53. The van der Waals surface area contributed by atoms with Crippen molar-refractivity contribution in [3.8, 4) is 0 Å². The Balaban J connectivity index is 2.33. The number of hydrogen-bond donors (Lipinski definition) is 2. The van der Waals surface area contributed by atoms with Crippen LogP contribution in [-0.2, 0) is 24.3 Å². The van der Waals surface area contributed by atoms with Crippen LogP contribution in [0.3, 0.4) is 0 Å². The lowest BCUT2D eigenvalue weighted by Gasteiger charge is -2.30. The van der Waals surface area contributed by atoms with Gasteiger partial charge >= 0.3 is 0 Å². The third-order valence-corrected chi connectivity index (χ3v) is 4.62. The summed E-state index contributed by atoms with van der Waals surface area (Å²) in [6.45, 7) is 10.4. The van der Waals surface area contributed by atoms with Gasteiger partial charge in [-0.3, -0.25) is 14.5 Å². The van der Waals surface area contributed by atoms with Crippen molar-refractivity contribution in [2.75, 3.05) is 20.6 Å². The predicted molar refractivity (Wildman–Crippen MR) is 97.3 cm³/mol. The molecule has 1 aliphatic heterocycles. The van der Waals surface area contributed by atoms with Gasteiger partial charge in [-0.05, 0) is 18.9 Å². The molecule has 2 amide bonds. The lowest BCUT2D eigenvalue weighted by Crippen LogP contribution is -2.53. The fourth-order valence-corrected chi connectivity index (χ4v) is 3.18. The van der Waals surface area contributed by atoms with Crippen LogP contribution in [0.2, 0.25) is 0 Å². The second-order valence-electron chi connectivity index (χ2n) is 7.85. The van der Waals surface area contributed by atoms with E-state index in [1.54, 1.807) is 7.05 Å². The van der Waals surface area contributed by atoms with E-state index in [2.05, 4.69) is 32.0 Å². The first-order valence-electron chi connectivity index (χ1n) is 8.98. The number of carbonyl (C=O) groups excluding carboxylic acids is 2. The van der Waals surface area contributed by atoms with Gasteiger partial charge in [0.1, 0.15) is 11.9 Å². The number of imidazole rings is 1. The molecule has 7 nitrogen and oxygen atoms in total. The van der Waals surface area contributed by atoms with Gasteiger partial charge in [-0.15, -0.1) is 0 Å². The second-order valence-corrected chi connectivity index (χ2v) is 7.85. The quantitative estimate of drug-likeness (QED) is 0.836. The summed E-state index contributed by atoms with van der Waals surface area (Å²) >= 11 is 0. The van der Waals surface area contributed by atoms with Crippen LogP contribution in [0.25, 0.3) is 0 Å². The normalized spacial score (nSPS) is 16.2. The predicted octanol–water partition coefficient (Wildman–Crippen LogP) is 1.17. The largest absolute Gasteiger partial charge is 0.357 e. The molecule has 1 aliphatic rings. The molecule has 0 spiro atoms. The molecule has 25 heavy (non-hydrogen) atoms. The van der Waals surface area contributed by atoms with Gasteiger partial charge in [0.05, 0.1) is 5.69 Å². The van der Waals surface area contributed by atoms with Crippen molar-refractivity contribution in [3.05, 3.63) is 17.2 Å². The number of carbonyl (C=O) groups is 2. The van der Waals surface area contributed by atoms with Crippen molar-refractivity contribution < 1.29 is 9.59 Å². The molecule has 0 fully saturated rings. The molecule has 0 saturated carbocycles. The Morgan fingerprint density at radius 2 is 1.96 bits per heavy atom. The van der Waals surface area contributed by atoms with Gasteiger partial charge in [0.25, 0.3) is 5.91 Å². The Hall–Kier alpha value is -1.89. The van der Waals surface area contributed by atoms with Crippen LogP contribution in [0, 0.1) is 5.41 Å². The molecule has 0 aliphatic carbocycles. The number of hydrogen-bond acceptors (Lipinski definition) is 4. The van der Waals surface area contributed by atoms with Gasteiger partial charge in [0.15, 0.2) is 5.69 Å². The molecule has 0 radical (unpaired) electrons. The minimum atomic E-state index is -0.613. The number of amides is 2. The maximum absolute atomic E-state index is 12.9. The fraction of sp³-hybridized carbons (Fsp3) is 0.722. The lowest BCUT2D eigenvalue weighted by molar-refractivity contribution is -0.124. The Morgan fingerprint density at radius 3 is 2.52 bits per heavy atom. The number of aryl methyl sites for hydroxylation is 1. The maximum Gasteiger partial charge on any atom is 0.272 e. The highest BCUT2D eigenvalue weighted by molar-refractivity contribution is 5.97. The molecule has 0 bridgehead atoms. The van der Waals surface area contributed by atoms with E-state index in [-0.39, 0.29) is 11.8 Å². The highest BCUT2D eigenvalue weighted by Gasteiger charge is 2.34. The number of fused-ring (bicyclic) bond motifs is 1. The van der Waals surface area contributed by atoms with E-state index in [0.29, 0.717) is 12.2 Å². The van der Waals surface area contributed by atoms with E-state index < -0.39 is 11.5 Å². The average molecular weight is 349 g/mol. The van der Waals surface area contributed by atoms with Crippen LogP contribution >= 0.6 is 0 Å². The number of aromatic nitrogens is 2. The molecule has 0 unspecified atom stereocenters. The van der Waals surface area contributed by atoms with Gasteiger partial charge in [-0.25, -0.2) is 4.98 Å². The maximum atomic E-state index is 12.9. The SMILES string of the molecule is CCCc1nc(C(=O)N[C@H](C(=O)NC)C(C)(C)C)c2n1CCN(C)C2. The van der Waals surface area contributed by atoms with E-state index in [0.717, 1.165) is 37.4 Å². The summed E-state index contributed by atoms with van der Waals surface area (Å²) < 4.78 is 2.17. The zero-order valence-corrected chi connectivity index (χ0v) is 16.3. The minimum Gasteiger partial charge on any atom is -0.357 e. The standard InChI is InChI=1S/C18H31N5O2/c1-7-8-13-20-14(12-11-22(6)9-10-23(12)13)16(24)21-15(17(25)19-5)18(2,3)4/h15H,7-11H2,1-6H3,(H,19,25)(H,21,24)/t15-/m1/s1. The third-order valence-electron chi connectivity index (χ3n) is 4.62. The van der Waals surface area contributed by atoms with Crippen LogP contribution in [0.5, 0.6) is 0 Å². The molecule has 1 atom stereocenters.